The maximum atomic E-state index is 11.2. The fourth-order valence-electron chi connectivity index (χ4n) is 1.48. The van der Waals surface area contributed by atoms with Gasteiger partial charge in [0.05, 0.1) is 5.92 Å². The van der Waals surface area contributed by atoms with Crippen molar-refractivity contribution >= 4 is 5.97 Å². The van der Waals surface area contributed by atoms with Crippen LogP contribution in [0.1, 0.15) is 41.5 Å². The summed E-state index contributed by atoms with van der Waals surface area (Å²) in [5.41, 5.74) is 0.351. The summed E-state index contributed by atoms with van der Waals surface area (Å²) in [7, 11) is 0. The van der Waals surface area contributed by atoms with Crippen LogP contribution in [0.4, 0.5) is 0 Å². The van der Waals surface area contributed by atoms with Gasteiger partial charge in [-0.25, -0.2) is 0 Å². The number of hydrogen-bond donors (Lipinski definition) is 1. The molecule has 0 aromatic heterocycles. The van der Waals surface area contributed by atoms with Gasteiger partial charge in [0, 0.05) is 0 Å². The minimum absolute atomic E-state index is 0.156. The Hall–Kier alpha value is -0.790. The number of rotatable bonds is 2. The molecule has 1 unspecified atom stereocenters. The molecule has 0 aliphatic carbocycles. The predicted molar refractivity (Wildman–Crippen MR) is 59.2 cm³/mol. The van der Waals surface area contributed by atoms with E-state index in [9.17, 15) is 9.90 Å². The lowest BCUT2D eigenvalue weighted by atomic mass is 9.69. The van der Waals surface area contributed by atoms with E-state index in [0.29, 0.717) is 0 Å². The zero-order valence-corrected chi connectivity index (χ0v) is 10.1. The molecule has 14 heavy (non-hydrogen) atoms. The number of carboxylic acid groups (broad SMARTS) is 1. The molecule has 0 aliphatic rings. The molecule has 0 fully saturated rings. The van der Waals surface area contributed by atoms with E-state index in [1.165, 1.54) is 0 Å². The minimum Gasteiger partial charge on any atom is -0.481 e. The van der Waals surface area contributed by atoms with Gasteiger partial charge in [-0.15, -0.1) is 0 Å². The standard InChI is InChI=1S/C12H22O2/c1-8(11(2,3)4)9(10(13)14)12(5,6)7/h9H,1H2,2-7H3,(H,13,14). The van der Waals surface area contributed by atoms with Crippen LogP contribution in [0, 0.1) is 16.7 Å². The van der Waals surface area contributed by atoms with E-state index in [-0.39, 0.29) is 10.8 Å². The highest BCUT2D eigenvalue weighted by atomic mass is 16.4. The summed E-state index contributed by atoms with van der Waals surface area (Å²) in [5, 5.41) is 9.18. The zero-order chi connectivity index (χ0) is 11.7. The molecule has 0 amide bonds. The SMILES string of the molecule is C=C(C(C(=O)O)C(C)(C)C)C(C)(C)C. The highest BCUT2D eigenvalue weighted by Crippen LogP contribution is 2.39. The lowest BCUT2D eigenvalue weighted by Gasteiger charge is -2.35. The Kier molecular flexibility index (Phi) is 3.54. The van der Waals surface area contributed by atoms with Crippen molar-refractivity contribution in [3.05, 3.63) is 12.2 Å². The maximum absolute atomic E-state index is 11.2. The molecule has 1 N–H and O–H groups in total. The molecule has 0 aliphatic heterocycles. The summed E-state index contributed by atoms with van der Waals surface area (Å²) in [5.74, 6) is -1.26. The molecular weight excluding hydrogens is 176 g/mol. The smallest absolute Gasteiger partial charge is 0.311 e. The molecule has 0 saturated carbocycles. The molecular formula is C12H22O2. The summed E-state index contributed by atoms with van der Waals surface area (Å²) in [6.07, 6.45) is 0. The van der Waals surface area contributed by atoms with Crippen molar-refractivity contribution in [3.8, 4) is 0 Å². The van der Waals surface area contributed by atoms with Crippen LogP contribution >= 0.6 is 0 Å². The second-order valence-corrected chi connectivity index (χ2v) is 5.91. The van der Waals surface area contributed by atoms with Crippen LogP contribution in [0.15, 0.2) is 12.2 Å². The number of aliphatic carboxylic acids is 1. The zero-order valence-electron chi connectivity index (χ0n) is 10.1. The maximum Gasteiger partial charge on any atom is 0.311 e. The topological polar surface area (TPSA) is 37.3 Å². The van der Waals surface area contributed by atoms with Gasteiger partial charge in [-0.05, 0) is 10.8 Å². The Balaban J connectivity index is 5.07. The normalized spacial score (nSPS) is 15.0. The van der Waals surface area contributed by atoms with Crippen LogP contribution in [-0.2, 0) is 4.79 Å². The fraction of sp³-hybridized carbons (Fsp3) is 0.750. The summed E-state index contributed by atoms with van der Waals surface area (Å²) in [6.45, 7) is 15.7. The van der Waals surface area contributed by atoms with Crippen molar-refractivity contribution < 1.29 is 9.90 Å². The van der Waals surface area contributed by atoms with Crippen molar-refractivity contribution in [2.24, 2.45) is 16.7 Å². The second-order valence-electron chi connectivity index (χ2n) is 5.91. The van der Waals surface area contributed by atoms with Crippen molar-refractivity contribution in [2.75, 3.05) is 0 Å². The first-order valence-electron chi connectivity index (χ1n) is 4.90. The summed E-state index contributed by atoms with van der Waals surface area (Å²) in [4.78, 5) is 11.2. The average molecular weight is 198 g/mol. The first kappa shape index (κ1) is 13.2. The minimum atomic E-state index is -0.780. The molecule has 0 aromatic rings. The molecule has 0 bridgehead atoms. The highest BCUT2D eigenvalue weighted by molar-refractivity contribution is 5.74. The second kappa shape index (κ2) is 3.76. The van der Waals surface area contributed by atoms with E-state index in [1.807, 2.05) is 41.5 Å². The van der Waals surface area contributed by atoms with E-state index in [4.69, 9.17) is 0 Å². The van der Waals surface area contributed by atoms with Gasteiger partial charge in [0.1, 0.15) is 0 Å². The first-order chi connectivity index (χ1) is 5.98. The molecule has 2 nitrogen and oxygen atoms in total. The summed E-state index contributed by atoms with van der Waals surface area (Å²) >= 11 is 0. The quantitative estimate of drug-likeness (QED) is 0.691. The Bertz CT molecular complexity index is 238. The van der Waals surface area contributed by atoms with E-state index in [1.54, 1.807) is 0 Å². The Morgan fingerprint density at radius 3 is 1.57 bits per heavy atom. The van der Waals surface area contributed by atoms with Crippen molar-refractivity contribution in [1.29, 1.82) is 0 Å². The van der Waals surface area contributed by atoms with Crippen molar-refractivity contribution in [1.82, 2.24) is 0 Å². The highest BCUT2D eigenvalue weighted by Gasteiger charge is 2.37. The molecule has 1 atom stereocenters. The number of hydrogen-bond acceptors (Lipinski definition) is 1. The molecule has 0 heterocycles. The van der Waals surface area contributed by atoms with Gasteiger partial charge >= 0.3 is 5.97 Å². The van der Waals surface area contributed by atoms with Gasteiger partial charge in [0.2, 0.25) is 0 Å². The van der Waals surface area contributed by atoms with Gasteiger partial charge in [-0.2, -0.15) is 0 Å². The molecule has 82 valence electrons. The molecule has 0 rings (SSSR count). The van der Waals surface area contributed by atoms with Crippen LogP contribution in [0.2, 0.25) is 0 Å². The van der Waals surface area contributed by atoms with Crippen LogP contribution in [0.25, 0.3) is 0 Å². The average Bonchev–Trinajstić information content (AvgIpc) is 1.79. The Morgan fingerprint density at radius 1 is 1.14 bits per heavy atom. The molecule has 0 aromatic carbocycles. The lowest BCUT2D eigenvalue weighted by Crippen LogP contribution is -2.34. The van der Waals surface area contributed by atoms with Gasteiger partial charge in [-0.1, -0.05) is 53.7 Å². The molecule has 0 spiro atoms. The van der Waals surface area contributed by atoms with Gasteiger partial charge in [0.15, 0.2) is 0 Å². The third-order valence-corrected chi connectivity index (χ3v) is 2.42. The predicted octanol–water partition coefficient (Wildman–Crippen LogP) is 3.34. The largest absolute Gasteiger partial charge is 0.481 e. The molecule has 2 heteroatoms. The van der Waals surface area contributed by atoms with Crippen LogP contribution in [0.3, 0.4) is 0 Å². The van der Waals surface area contributed by atoms with Crippen LogP contribution in [0.5, 0.6) is 0 Å². The molecule has 0 saturated heterocycles. The first-order valence-corrected chi connectivity index (χ1v) is 4.90. The Morgan fingerprint density at radius 2 is 1.50 bits per heavy atom. The third kappa shape index (κ3) is 3.17. The number of carboxylic acids is 1. The van der Waals surface area contributed by atoms with E-state index in [0.717, 1.165) is 5.57 Å². The summed E-state index contributed by atoms with van der Waals surface area (Å²) in [6, 6.07) is 0. The lowest BCUT2D eigenvalue weighted by molar-refractivity contribution is -0.144. The monoisotopic (exact) mass is 198 g/mol. The van der Waals surface area contributed by atoms with E-state index < -0.39 is 11.9 Å². The van der Waals surface area contributed by atoms with Gasteiger partial charge in [0.25, 0.3) is 0 Å². The number of carbonyl (C=O) groups is 1. The van der Waals surface area contributed by atoms with E-state index in [2.05, 4.69) is 6.58 Å². The van der Waals surface area contributed by atoms with Crippen molar-refractivity contribution in [2.45, 2.75) is 41.5 Å². The fourth-order valence-corrected chi connectivity index (χ4v) is 1.48. The van der Waals surface area contributed by atoms with Gasteiger partial charge < -0.3 is 5.11 Å². The third-order valence-electron chi connectivity index (χ3n) is 2.42. The van der Waals surface area contributed by atoms with Gasteiger partial charge in [-0.3, -0.25) is 4.79 Å². The van der Waals surface area contributed by atoms with Crippen LogP contribution in [-0.4, -0.2) is 11.1 Å². The summed E-state index contributed by atoms with van der Waals surface area (Å²) < 4.78 is 0. The Labute approximate surface area is 87.0 Å². The van der Waals surface area contributed by atoms with E-state index >= 15 is 0 Å². The van der Waals surface area contributed by atoms with Crippen LogP contribution < -0.4 is 0 Å². The molecule has 0 radical (unpaired) electrons. The van der Waals surface area contributed by atoms with Crippen molar-refractivity contribution in [3.63, 3.8) is 0 Å².